The Morgan fingerprint density at radius 3 is 2.85 bits per heavy atom. The van der Waals surface area contributed by atoms with Gasteiger partial charge in [0.2, 0.25) is 11.1 Å². The second-order valence-corrected chi connectivity index (χ2v) is 7.51. The molecule has 0 unspecified atom stereocenters. The van der Waals surface area contributed by atoms with Gasteiger partial charge in [-0.25, -0.2) is 0 Å². The summed E-state index contributed by atoms with van der Waals surface area (Å²) in [6, 6.07) is 6.11. The number of aryl methyl sites for hydroxylation is 2. The second-order valence-electron chi connectivity index (χ2n) is 6.56. The van der Waals surface area contributed by atoms with Gasteiger partial charge in [-0.1, -0.05) is 30.8 Å². The number of carbonyl (C=O) groups is 1. The Hall–Kier alpha value is -2.15. The zero-order valence-electron chi connectivity index (χ0n) is 15.6. The molecule has 138 valence electrons. The van der Waals surface area contributed by atoms with Crippen LogP contribution in [-0.4, -0.2) is 43.3 Å². The van der Waals surface area contributed by atoms with Crippen LogP contribution < -0.4 is 0 Å². The van der Waals surface area contributed by atoms with Crippen molar-refractivity contribution in [3.63, 3.8) is 0 Å². The van der Waals surface area contributed by atoms with Gasteiger partial charge in [0.15, 0.2) is 0 Å². The van der Waals surface area contributed by atoms with Crippen LogP contribution in [-0.2, 0) is 4.79 Å². The van der Waals surface area contributed by atoms with Crippen LogP contribution in [0, 0.1) is 13.8 Å². The van der Waals surface area contributed by atoms with Gasteiger partial charge < -0.3 is 4.90 Å². The highest BCUT2D eigenvalue weighted by Gasteiger charge is 2.21. The van der Waals surface area contributed by atoms with E-state index in [1.807, 2.05) is 11.0 Å². The number of hydrogen-bond acceptors (Lipinski definition) is 5. The van der Waals surface area contributed by atoms with Gasteiger partial charge in [-0.3, -0.25) is 4.79 Å². The van der Waals surface area contributed by atoms with E-state index in [0.717, 1.165) is 37.9 Å². The van der Waals surface area contributed by atoms with Gasteiger partial charge in [0.05, 0.1) is 11.4 Å². The smallest absolute Gasteiger partial charge is 0.237 e. The molecule has 0 bridgehead atoms. The number of allylic oxidation sites excluding steroid dienone is 2. The molecule has 26 heavy (non-hydrogen) atoms. The lowest BCUT2D eigenvalue weighted by Crippen LogP contribution is -2.32. The largest absolute Gasteiger partial charge is 0.316 e. The summed E-state index contributed by atoms with van der Waals surface area (Å²) in [6.07, 6.45) is 6.35. The Kier molecular flexibility index (Phi) is 6.08. The summed E-state index contributed by atoms with van der Waals surface area (Å²) < 4.78 is 1.70. The number of hydrogen-bond donors (Lipinski definition) is 0. The van der Waals surface area contributed by atoms with Crippen molar-refractivity contribution in [2.24, 2.45) is 0 Å². The van der Waals surface area contributed by atoms with Crippen LogP contribution in [0.1, 0.15) is 43.7 Å². The van der Waals surface area contributed by atoms with Crippen molar-refractivity contribution in [1.29, 1.82) is 0 Å². The van der Waals surface area contributed by atoms with E-state index in [0.29, 0.717) is 10.9 Å². The van der Waals surface area contributed by atoms with Crippen LogP contribution >= 0.6 is 11.8 Å². The predicted molar refractivity (Wildman–Crippen MR) is 103 cm³/mol. The minimum Gasteiger partial charge on any atom is -0.316 e. The number of aromatic nitrogens is 4. The quantitative estimate of drug-likeness (QED) is 0.695. The fourth-order valence-corrected chi connectivity index (χ4v) is 3.81. The van der Waals surface area contributed by atoms with Crippen molar-refractivity contribution in [1.82, 2.24) is 25.1 Å². The number of rotatable bonds is 7. The number of carbonyl (C=O) groups excluding carboxylic acids is 1. The molecule has 2 aromatic rings. The van der Waals surface area contributed by atoms with E-state index in [9.17, 15) is 4.79 Å². The van der Waals surface area contributed by atoms with Crippen LogP contribution in [0.15, 0.2) is 35.1 Å². The van der Waals surface area contributed by atoms with Crippen molar-refractivity contribution in [2.45, 2.75) is 51.6 Å². The SMILES string of the molecule is CCCN(C(=O)CSc1nnnn1-c1ccc(C)c(C)c1)C1=CCCC1. The van der Waals surface area contributed by atoms with Crippen molar-refractivity contribution in [3.05, 3.63) is 41.1 Å². The molecule has 1 aliphatic rings. The zero-order valence-corrected chi connectivity index (χ0v) is 16.4. The number of tetrazole rings is 1. The van der Waals surface area contributed by atoms with Crippen LogP contribution in [0.5, 0.6) is 0 Å². The van der Waals surface area contributed by atoms with Crippen LogP contribution in [0.3, 0.4) is 0 Å². The Balaban J connectivity index is 1.71. The summed E-state index contributed by atoms with van der Waals surface area (Å²) in [4.78, 5) is 14.7. The Morgan fingerprint density at radius 1 is 1.31 bits per heavy atom. The third-order valence-corrected chi connectivity index (χ3v) is 5.52. The van der Waals surface area contributed by atoms with Gasteiger partial charge in [0.1, 0.15) is 0 Å². The summed E-state index contributed by atoms with van der Waals surface area (Å²) in [5.41, 5.74) is 4.50. The molecule has 1 amide bonds. The minimum absolute atomic E-state index is 0.125. The molecule has 6 nitrogen and oxygen atoms in total. The van der Waals surface area contributed by atoms with E-state index in [1.54, 1.807) is 4.68 Å². The van der Waals surface area contributed by atoms with Gasteiger partial charge in [-0.2, -0.15) is 4.68 Å². The summed E-state index contributed by atoms with van der Waals surface area (Å²) in [5.74, 6) is 0.461. The van der Waals surface area contributed by atoms with E-state index in [4.69, 9.17) is 0 Å². The summed E-state index contributed by atoms with van der Waals surface area (Å²) in [7, 11) is 0. The molecule has 1 heterocycles. The van der Waals surface area contributed by atoms with Gasteiger partial charge in [0, 0.05) is 12.2 Å². The van der Waals surface area contributed by atoms with E-state index < -0.39 is 0 Å². The Morgan fingerprint density at radius 2 is 2.15 bits per heavy atom. The molecular weight excluding hydrogens is 346 g/mol. The number of thioether (sulfide) groups is 1. The Bertz CT molecular complexity index is 814. The number of nitrogens with zero attached hydrogens (tertiary/aromatic N) is 5. The zero-order chi connectivity index (χ0) is 18.5. The molecule has 1 aliphatic carbocycles. The fourth-order valence-electron chi connectivity index (χ4n) is 3.04. The lowest BCUT2D eigenvalue weighted by Gasteiger charge is -2.23. The maximum absolute atomic E-state index is 12.7. The predicted octanol–water partition coefficient (Wildman–Crippen LogP) is 3.68. The molecule has 1 aromatic heterocycles. The molecule has 0 atom stereocenters. The third kappa shape index (κ3) is 4.15. The molecule has 0 aliphatic heterocycles. The lowest BCUT2D eigenvalue weighted by molar-refractivity contribution is -0.126. The summed E-state index contributed by atoms with van der Waals surface area (Å²) in [5, 5.41) is 12.6. The molecule has 3 rings (SSSR count). The van der Waals surface area contributed by atoms with Gasteiger partial charge in [0.25, 0.3) is 0 Å². The first kappa shape index (κ1) is 18.6. The van der Waals surface area contributed by atoms with E-state index in [2.05, 4.69) is 54.5 Å². The normalized spacial score (nSPS) is 13.7. The first-order chi connectivity index (χ1) is 12.6. The standard InChI is InChI=1S/C19H25N5OS/c1-4-11-23(16-7-5-6-8-16)18(25)13-26-19-20-21-22-24(19)17-10-9-14(2)15(3)12-17/h7,9-10,12H,4-6,8,11,13H2,1-3H3. The average molecular weight is 372 g/mol. The fraction of sp³-hybridized carbons (Fsp3) is 0.474. The van der Waals surface area contributed by atoms with Gasteiger partial charge in [-0.15, -0.1) is 5.10 Å². The highest BCUT2D eigenvalue weighted by atomic mass is 32.2. The third-order valence-electron chi connectivity index (χ3n) is 4.61. The molecule has 0 radical (unpaired) electrons. The average Bonchev–Trinajstić information content (AvgIpc) is 3.31. The van der Waals surface area contributed by atoms with Crippen LogP contribution in [0.4, 0.5) is 0 Å². The van der Waals surface area contributed by atoms with E-state index >= 15 is 0 Å². The van der Waals surface area contributed by atoms with Crippen molar-refractivity contribution < 1.29 is 4.79 Å². The van der Waals surface area contributed by atoms with Crippen LogP contribution in [0.2, 0.25) is 0 Å². The summed E-state index contributed by atoms with van der Waals surface area (Å²) >= 11 is 1.39. The highest BCUT2D eigenvalue weighted by Crippen LogP contribution is 2.25. The van der Waals surface area contributed by atoms with Gasteiger partial charge >= 0.3 is 0 Å². The van der Waals surface area contributed by atoms with E-state index in [-0.39, 0.29) is 5.91 Å². The highest BCUT2D eigenvalue weighted by molar-refractivity contribution is 7.99. The summed E-state index contributed by atoms with van der Waals surface area (Å²) in [6.45, 7) is 7.01. The van der Waals surface area contributed by atoms with Crippen molar-refractivity contribution in [2.75, 3.05) is 12.3 Å². The number of benzene rings is 1. The lowest BCUT2D eigenvalue weighted by atomic mass is 10.1. The molecule has 0 N–H and O–H groups in total. The van der Waals surface area contributed by atoms with Gasteiger partial charge in [-0.05, 0) is 73.2 Å². The molecule has 1 aromatic carbocycles. The first-order valence-electron chi connectivity index (χ1n) is 9.08. The molecule has 0 spiro atoms. The molecule has 7 heteroatoms. The van der Waals surface area contributed by atoms with Crippen molar-refractivity contribution >= 4 is 17.7 Å². The van der Waals surface area contributed by atoms with Crippen molar-refractivity contribution in [3.8, 4) is 5.69 Å². The van der Waals surface area contributed by atoms with E-state index in [1.165, 1.54) is 28.6 Å². The molecule has 0 saturated heterocycles. The molecular formula is C19H25N5OS. The molecule has 0 fully saturated rings. The maximum Gasteiger partial charge on any atom is 0.237 e. The number of amides is 1. The maximum atomic E-state index is 12.7. The van der Waals surface area contributed by atoms with Crippen LogP contribution in [0.25, 0.3) is 5.69 Å². The first-order valence-corrected chi connectivity index (χ1v) is 10.1. The minimum atomic E-state index is 0.125. The second kappa shape index (κ2) is 8.49. The Labute approximate surface area is 158 Å². The monoisotopic (exact) mass is 371 g/mol. The topological polar surface area (TPSA) is 63.9 Å². The molecule has 0 saturated carbocycles.